The van der Waals surface area contributed by atoms with Crippen LogP contribution in [-0.2, 0) is 6.54 Å². The number of ether oxygens (including phenoxy) is 1. The zero-order valence-corrected chi connectivity index (χ0v) is 12.5. The molecule has 0 radical (unpaired) electrons. The van der Waals surface area contributed by atoms with Gasteiger partial charge >= 0.3 is 0 Å². The van der Waals surface area contributed by atoms with Crippen molar-refractivity contribution < 1.29 is 9.84 Å². The Morgan fingerprint density at radius 1 is 1.56 bits per heavy atom. The number of likely N-dealkylation sites (tertiary alicyclic amines) is 1. The molecule has 1 aliphatic rings. The second-order valence-electron chi connectivity index (χ2n) is 4.98. The van der Waals surface area contributed by atoms with Gasteiger partial charge in [-0.05, 0) is 49.6 Å². The number of hydrogen-bond donors (Lipinski definition) is 1. The Kier molecular flexibility index (Phi) is 4.65. The minimum absolute atomic E-state index is 0.205. The first-order valence-electron chi connectivity index (χ1n) is 6.33. The molecule has 4 heteroatoms. The summed E-state index contributed by atoms with van der Waals surface area (Å²) < 4.78 is 6.37. The molecule has 2 atom stereocenters. The first kappa shape index (κ1) is 13.8. The summed E-state index contributed by atoms with van der Waals surface area (Å²) in [7, 11) is 1.69. The first-order valence-corrected chi connectivity index (χ1v) is 7.12. The maximum absolute atomic E-state index is 9.62. The van der Waals surface area contributed by atoms with Crippen LogP contribution in [0.25, 0.3) is 0 Å². The van der Waals surface area contributed by atoms with Crippen LogP contribution in [0, 0.1) is 5.92 Å². The lowest BCUT2D eigenvalue weighted by molar-refractivity contribution is 0.127. The third-order valence-electron chi connectivity index (χ3n) is 3.64. The van der Waals surface area contributed by atoms with Crippen LogP contribution >= 0.6 is 15.9 Å². The van der Waals surface area contributed by atoms with Crippen LogP contribution < -0.4 is 4.74 Å². The molecule has 0 spiro atoms. The lowest BCUT2D eigenvalue weighted by Crippen LogP contribution is -2.24. The molecular formula is C14H20BrNO2. The van der Waals surface area contributed by atoms with E-state index in [-0.39, 0.29) is 6.10 Å². The van der Waals surface area contributed by atoms with Gasteiger partial charge in [-0.25, -0.2) is 0 Å². The molecule has 0 aromatic heterocycles. The first-order chi connectivity index (χ1) is 8.60. The van der Waals surface area contributed by atoms with Crippen LogP contribution in [0.5, 0.6) is 5.75 Å². The van der Waals surface area contributed by atoms with Gasteiger partial charge in [-0.15, -0.1) is 0 Å². The molecule has 1 aromatic rings. The Balaban J connectivity index is 2.02. The highest BCUT2D eigenvalue weighted by Crippen LogP contribution is 2.27. The molecule has 1 heterocycles. The quantitative estimate of drug-likeness (QED) is 0.927. The van der Waals surface area contributed by atoms with Crippen molar-refractivity contribution in [1.82, 2.24) is 4.90 Å². The molecular weight excluding hydrogens is 294 g/mol. The summed E-state index contributed by atoms with van der Waals surface area (Å²) in [5.74, 6) is 1.30. The molecule has 1 N–H and O–H groups in total. The number of hydrogen-bond acceptors (Lipinski definition) is 3. The van der Waals surface area contributed by atoms with E-state index in [9.17, 15) is 5.11 Å². The average molecular weight is 314 g/mol. The smallest absolute Gasteiger partial charge is 0.119 e. The lowest BCUT2D eigenvalue weighted by atomic mass is 10.0. The van der Waals surface area contributed by atoms with Gasteiger partial charge in [0.05, 0.1) is 13.2 Å². The Bertz CT molecular complexity index is 409. The summed E-state index contributed by atoms with van der Waals surface area (Å²) in [6.07, 6.45) is 0.878. The van der Waals surface area contributed by atoms with Crippen molar-refractivity contribution in [2.75, 3.05) is 20.2 Å². The fourth-order valence-electron chi connectivity index (χ4n) is 2.44. The van der Waals surface area contributed by atoms with E-state index in [4.69, 9.17) is 4.74 Å². The van der Waals surface area contributed by atoms with Gasteiger partial charge in [-0.3, -0.25) is 4.90 Å². The summed E-state index contributed by atoms with van der Waals surface area (Å²) >= 11 is 3.58. The minimum atomic E-state index is -0.205. The fourth-order valence-corrected chi connectivity index (χ4v) is 2.81. The van der Waals surface area contributed by atoms with E-state index in [1.54, 1.807) is 7.11 Å². The van der Waals surface area contributed by atoms with Crippen molar-refractivity contribution in [1.29, 1.82) is 0 Å². The SMILES string of the molecule is COc1ccc(Br)c(CN2CCC(C(C)O)C2)c1. The molecule has 2 rings (SSSR count). The standard InChI is InChI=1S/C14H20BrNO2/c1-10(17)11-5-6-16(8-11)9-12-7-13(18-2)3-4-14(12)15/h3-4,7,10-11,17H,5-6,8-9H2,1-2H3. The van der Waals surface area contributed by atoms with Crippen LogP contribution in [0.15, 0.2) is 22.7 Å². The van der Waals surface area contributed by atoms with E-state index in [0.29, 0.717) is 5.92 Å². The van der Waals surface area contributed by atoms with Gasteiger partial charge in [0.2, 0.25) is 0 Å². The van der Waals surface area contributed by atoms with Gasteiger partial charge in [-0.1, -0.05) is 15.9 Å². The highest BCUT2D eigenvalue weighted by Gasteiger charge is 2.26. The monoisotopic (exact) mass is 313 g/mol. The number of aliphatic hydroxyl groups excluding tert-OH is 1. The van der Waals surface area contributed by atoms with Crippen LogP contribution in [0.4, 0.5) is 0 Å². The highest BCUT2D eigenvalue weighted by molar-refractivity contribution is 9.10. The Morgan fingerprint density at radius 2 is 2.33 bits per heavy atom. The Morgan fingerprint density at radius 3 is 2.94 bits per heavy atom. The van der Waals surface area contributed by atoms with E-state index in [2.05, 4.69) is 26.9 Å². The van der Waals surface area contributed by atoms with Crippen molar-refractivity contribution in [3.63, 3.8) is 0 Å². The zero-order chi connectivity index (χ0) is 13.1. The molecule has 18 heavy (non-hydrogen) atoms. The third kappa shape index (κ3) is 3.25. The zero-order valence-electron chi connectivity index (χ0n) is 10.9. The predicted octanol–water partition coefficient (Wildman–Crippen LogP) is 2.66. The topological polar surface area (TPSA) is 32.7 Å². The van der Waals surface area contributed by atoms with Gasteiger partial charge < -0.3 is 9.84 Å². The van der Waals surface area contributed by atoms with Crippen molar-refractivity contribution in [2.45, 2.75) is 26.0 Å². The molecule has 3 nitrogen and oxygen atoms in total. The third-order valence-corrected chi connectivity index (χ3v) is 4.41. The van der Waals surface area contributed by atoms with Gasteiger partial charge in [-0.2, -0.15) is 0 Å². The molecule has 0 aliphatic carbocycles. The number of benzene rings is 1. The largest absolute Gasteiger partial charge is 0.497 e. The molecule has 100 valence electrons. The van der Waals surface area contributed by atoms with E-state index < -0.39 is 0 Å². The second kappa shape index (κ2) is 6.04. The molecule has 0 bridgehead atoms. The maximum Gasteiger partial charge on any atom is 0.119 e. The maximum atomic E-state index is 9.62. The van der Waals surface area contributed by atoms with Crippen molar-refractivity contribution in [3.8, 4) is 5.75 Å². The fraction of sp³-hybridized carbons (Fsp3) is 0.571. The van der Waals surface area contributed by atoms with Gasteiger partial charge in [0.1, 0.15) is 5.75 Å². The molecule has 1 saturated heterocycles. The predicted molar refractivity (Wildman–Crippen MR) is 75.8 cm³/mol. The number of rotatable bonds is 4. The van der Waals surface area contributed by atoms with Crippen LogP contribution in [0.2, 0.25) is 0 Å². The number of nitrogens with zero attached hydrogens (tertiary/aromatic N) is 1. The molecule has 0 amide bonds. The molecule has 1 aliphatic heterocycles. The van der Waals surface area contributed by atoms with E-state index >= 15 is 0 Å². The van der Waals surface area contributed by atoms with Crippen molar-refractivity contribution in [2.24, 2.45) is 5.92 Å². The van der Waals surface area contributed by atoms with Gasteiger partial charge in [0, 0.05) is 17.6 Å². The average Bonchev–Trinajstić information content (AvgIpc) is 2.81. The van der Waals surface area contributed by atoms with Gasteiger partial charge in [0.15, 0.2) is 0 Å². The summed E-state index contributed by atoms with van der Waals surface area (Å²) in [6, 6.07) is 6.05. The van der Waals surface area contributed by atoms with Gasteiger partial charge in [0.25, 0.3) is 0 Å². The summed E-state index contributed by atoms with van der Waals surface area (Å²) in [5.41, 5.74) is 1.24. The van der Waals surface area contributed by atoms with E-state index in [1.165, 1.54) is 5.56 Å². The van der Waals surface area contributed by atoms with Crippen molar-refractivity contribution in [3.05, 3.63) is 28.2 Å². The second-order valence-corrected chi connectivity index (χ2v) is 5.84. The lowest BCUT2D eigenvalue weighted by Gasteiger charge is -2.18. The Labute approximate surface area is 117 Å². The van der Waals surface area contributed by atoms with E-state index in [0.717, 1.165) is 36.3 Å². The van der Waals surface area contributed by atoms with Crippen LogP contribution in [0.1, 0.15) is 18.9 Å². The Hall–Kier alpha value is -0.580. The molecule has 2 unspecified atom stereocenters. The van der Waals surface area contributed by atoms with Crippen molar-refractivity contribution >= 4 is 15.9 Å². The van der Waals surface area contributed by atoms with Crippen LogP contribution in [-0.4, -0.2) is 36.3 Å². The number of halogens is 1. The highest BCUT2D eigenvalue weighted by atomic mass is 79.9. The summed E-state index contributed by atoms with van der Waals surface area (Å²) in [5, 5.41) is 9.62. The summed E-state index contributed by atoms with van der Waals surface area (Å²) in [6.45, 7) is 4.82. The molecule has 0 saturated carbocycles. The number of methoxy groups -OCH3 is 1. The van der Waals surface area contributed by atoms with Crippen LogP contribution in [0.3, 0.4) is 0 Å². The molecule has 1 fully saturated rings. The summed E-state index contributed by atoms with van der Waals surface area (Å²) in [4.78, 5) is 2.39. The minimum Gasteiger partial charge on any atom is -0.497 e. The molecule has 1 aromatic carbocycles. The number of aliphatic hydroxyl groups is 1. The van der Waals surface area contributed by atoms with E-state index in [1.807, 2.05) is 19.1 Å². The normalized spacial score (nSPS) is 22.1.